The molecule has 0 radical (unpaired) electrons. The van der Waals surface area contributed by atoms with E-state index in [1.807, 2.05) is 30.3 Å². The van der Waals surface area contributed by atoms with E-state index >= 15 is 0 Å². The number of hydrogen-bond acceptors (Lipinski definition) is 3. The minimum Gasteiger partial charge on any atom is -0.206 e. The molecule has 7 heteroatoms. The maximum Gasteiger partial charge on any atom is 0.382 e. The molecule has 0 spiro atoms. The lowest BCUT2D eigenvalue weighted by molar-refractivity contribution is -0.639. The summed E-state index contributed by atoms with van der Waals surface area (Å²) in [6.45, 7) is 0. The Labute approximate surface area is 147 Å². The number of aliphatic imine (C=N–C) groups is 2. The van der Waals surface area contributed by atoms with E-state index in [2.05, 4.69) is 15.1 Å². The summed E-state index contributed by atoms with van der Waals surface area (Å²) in [5.74, 6) is -0.157. The molecule has 0 saturated heterocycles. The zero-order chi connectivity index (χ0) is 16.7. The zero-order valence-corrected chi connectivity index (χ0v) is 13.7. The van der Waals surface area contributed by atoms with E-state index in [-0.39, 0.29) is 10.6 Å². The van der Waals surface area contributed by atoms with Crippen molar-refractivity contribution in [3.63, 3.8) is 0 Å². The molecule has 118 valence electrons. The van der Waals surface area contributed by atoms with Crippen molar-refractivity contribution in [3.05, 3.63) is 70.5 Å². The van der Waals surface area contributed by atoms with Crippen molar-refractivity contribution in [1.82, 2.24) is 0 Å². The van der Waals surface area contributed by atoms with Gasteiger partial charge in [-0.15, -0.1) is 0 Å². The normalized spacial score (nSPS) is 21.9. The van der Waals surface area contributed by atoms with Gasteiger partial charge in [-0.1, -0.05) is 35.9 Å². The molecule has 0 amide bonds. The van der Waals surface area contributed by atoms with Gasteiger partial charge in [-0.3, -0.25) is 0 Å². The molecule has 2 aliphatic heterocycles. The van der Waals surface area contributed by atoms with Crippen molar-refractivity contribution < 1.29 is 8.50 Å². The highest BCUT2D eigenvalue weighted by Crippen LogP contribution is 2.43. The SMILES string of the molecule is Fc1cccc(Cl)c1C1=C(c2ccccc2)[N+]2(Cl)N=CN=C2N=C1. The van der Waals surface area contributed by atoms with Crippen molar-refractivity contribution in [2.45, 2.75) is 0 Å². The number of hydrogen-bond donors (Lipinski definition) is 0. The monoisotopic (exact) mass is 359 g/mol. The molecule has 1 unspecified atom stereocenters. The number of nitrogens with zero attached hydrogens (tertiary/aromatic N) is 4. The van der Waals surface area contributed by atoms with Crippen LogP contribution in [0.1, 0.15) is 11.1 Å². The molecule has 0 aliphatic carbocycles. The highest BCUT2D eigenvalue weighted by molar-refractivity contribution is 6.36. The molecule has 24 heavy (non-hydrogen) atoms. The molecule has 0 bridgehead atoms. The number of guanidine groups is 1. The molecule has 2 aliphatic rings. The third kappa shape index (κ3) is 2.21. The summed E-state index contributed by atoms with van der Waals surface area (Å²) >= 11 is 12.9. The van der Waals surface area contributed by atoms with Crippen LogP contribution in [-0.2, 0) is 0 Å². The molecule has 0 saturated carbocycles. The van der Waals surface area contributed by atoms with Crippen molar-refractivity contribution >= 4 is 53.2 Å². The van der Waals surface area contributed by atoms with Crippen LogP contribution in [0.5, 0.6) is 0 Å². The van der Waals surface area contributed by atoms with Crippen LogP contribution in [0, 0.1) is 5.82 Å². The van der Waals surface area contributed by atoms with Crippen molar-refractivity contribution in [2.24, 2.45) is 15.1 Å². The fourth-order valence-corrected chi connectivity index (χ4v) is 3.33. The van der Waals surface area contributed by atoms with Gasteiger partial charge >= 0.3 is 5.96 Å². The molecule has 0 fully saturated rings. The lowest BCUT2D eigenvalue weighted by Crippen LogP contribution is -2.37. The van der Waals surface area contributed by atoms with Gasteiger partial charge in [0.05, 0.1) is 10.6 Å². The number of fused-ring (bicyclic) bond motifs is 1. The second-order valence-electron chi connectivity index (χ2n) is 5.20. The molecule has 0 N–H and O–H groups in total. The average molecular weight is 360 g/mol. The number of allylic oxidation sites excluding steroid dienone is 1. The lowest BCUT2D eigenvalue weighted by Gasteiger charge is -2.25. The zero-order valence-electron chi connectivity index (χ0n) is 12.2. The van der Waals surface area contributed by atoms with Crippen LogP contribution in [-0.4, -0.2) is 22.6 Å². The standard InChI is InChI=1S/C17H10Cl2FN4/c18-13-7-4-8-14(20)15(13)12-9-21-17-22-10-23-24(17,19)16(12)11-5-2-1-3-6-11/h1-10H/q+1. The third-order valence-corrected chi connectivity index (χ3v) is 4.51. The van der Waals surface area contributed by atoms with E-state index in [0.717, 1.165) is 5.56 Å². The Balaban J connectivity index is 2.08. The first kappa shape index (κ1) is 15.2. The quantitative estimate of drug-likeness (QED) is 0.696. The number of quaternary nitrogens is 1. The maximum absolute atomic E-state index is 14.5. The van der Waals surface area contributed by atoms with Crippen LogP contribution in [0.2, 0.25) is 5.02 Å². The second kappa shape index (κ2) is 5.63. The van der Waals surface area contributed by atoms with Gasteiger partial charge in [0.15, 0.2) is 6.34 Å². The molecule has 2 aromatic rings. The summed E-state index contributed by atoms with van der Waals surface area (Å²) in [7, 11) is 0. The van der Waals surface area contributed by atoms with Gasteiger partial charge in [0, 0.05) is 21.5 Å². The molecular weight excluding hydrogens is 350 g/mol. The number of benzene rings is 2. The van der Waals surface area contributed by atoms with E-state index in [1.54, 1.807) is 12.1 Å². The van der Waals surface area contributed by atoms with Crippen molar-refractivity contribution in [1.29, 1.82) is 0 Å². The molecule has 2 aromatic carbocycles. The first-order chi connectivity index (χ1) is 11.6. The Morgan fingerprint density at radius 1 is 1.00 bits per heavy atom. The summed E-state index contributed by atoms with van der Waals surface area (Å²) in [4.78, 5) is 8.32. The molecule has 1 atom stereocenters. The summed E-state index contributed by atoms with van der Waals surface area (Å²) in [5.41, 5.74) is 2.03. The second-order valence-corrected chi connectivity index (χ2v) is 6.10. The fourth-order valence-electron chi connectivity index (χ4n) is 2.75. The van der Waals surface area contributed by atoms with Crippen LogP contribution in [0.15, 0.2) is 63.6 Å². The largest absolute Gasteiger partial charge is 0.382 e. The van der Waals surface area contributed by atoms with Crippen LogP contribution in [0.4, 0.5) is 4.39 Å². The number of rotatable bonds is 2. The highest BCUT2D eigenvalue weighted by atomic mass is 35.5. The van der Waals surface area contributed by atoms with E-state index in [9.17, 15) is 4.39 Å². The average Bonchev–Trinajstić information content (AvgIpc) is 2.96. The van der Waals surface area contributed by atoms with Crippen LogP contribution in [0.25, 0.3) is 11.3 Å². The Bertz CT molecular complexity index is 930. The molecule has 4 nitrogen and oxygen atoms in total. The topological polar surface area (TPSA) is 37.1 Å². The molecule has 2 heterocycles. The summed E-state index contributed by atoms with van der Waals surface area (Å²) < 4.78 is 14.0. The Kier molecular flexibility index (Phi) is 3.57. The van der Waals surface area contributed by atoms with Gasteiger partial charge < -0.3 is 0 Å². The Morgan fingerprint density at radius 3 is 2.54 bits per heavy atom. The van der Waals surface area contributed by atoms with E-state index in [0.29, 0.717) is 17.2 Å². The van der Waals surface area contributed by atoms with Crippen LogP contribution in [0.3, 0.4) is 0 Å². The fraction of sp³-hybridized carbons (Fsp3) is 0. The first-order valence-corrected chi connectivity index (χ1v) is 7.83. The van der Waals surface area contributed by atoms with E-state index in [1.165, 1.54) is 18.6 Å². The molecular formula is C17H10Cl2FN4+. The van der Waals surface area contributed by atoms with Gasteiger partial charge in [-0.25, -0.2) is 4.39 Å². The van der Waals surface area contributed by atoms with Gasteiger partial charge in [-0.2, -0.15) is 9.98 Å². The van der Waals surface area contributed by atoms with Gasteiger partial charge in [0.25, 0.3) is 0 Å². The van der Waals surface area contributed by atoms with Crippen LogP contribution >= 0.6 is 23.4 Å². The van der Waals surface area contributed by atoms with Crippen LogP contribution < -0.4 is 0 Å². The molecule has 4 rings (SSSR count). The Morgan fingerprint density at radius 2 is 1.79 bits per heavy atom. The third-order valence-electron chi connectivity index (χ3n) is 3.79. The van der Waals surface area contributed by atoms with Gasteiger partial charge in [-0.05, 0) is 29.4 Å². The van der Waals surface area contributed by atoms with E-state index in [4.69, 9.17) is 23.4 Å². The summed E-state index contributed by atoms with van der Waals surface area (Å²) in [5, 5.41) is 4.49. The predicted molar refractivity (Wildman–Crippen MR) is 95.2 cm³/mol. The molecule has 0 aromatic heterocycles. The van der Waals surface area contributed by atoms with Crippen molar-refractivity contribution in [2.75, 3.05) is 0 Å². The first-order valence-electron chi connectivity index (χ1n) is 7.11. The summed E-state index contributed by atoms with van der Waals surface area (Å²) in [6, 6.07) is 13.9. The highest BCUT2D eigenvalue weighted by Gasteiger charge is 2.48. The Hall–Kier alpha value is -2.34. The lowest BCUT2D eigenvalue weighted by atomic mass is 9.98. The van der Waals surface area contributed by atoms with E-state index < -0.39 is 9.93 Å². The maximum atomic E-state index is 14.5. The smallest absolute Gasteiger partial charge is 0.206 e. The predicted octanol–water partition coefficient (Wildman–Crippen LogP) is 4.72. The van der Waals surface area contributed by atoms with Gasteiger partial charge in [0.2, 0.25) is 17.5 Å². The minimum absolute atomic E-state index is 0.237. The summed E-state index contributed by atoms with van der Waals surface area (Å²) in [6.07, 6.45) is 2.87. The van der Waals surface area contributed by atoms with Gasteiger partial charge in [0.1, 0.15) is 5.82 Å². The number of halogens is 3. The minimum atomic E-state index is -0.499. The van der Waals surface area contributed by atoms with Crippen molar-refractivity contribution in [3.8, 4) is 0 Å².